The number of fused-ring (bicyclic) bond motifs is 3. The number of anilines is 2. The van der Waals surface area contributed by atoms with Gasteiger partial charge in [-0.1, -0.05) is 32.9 Å². The highest BCUT2D eigenvalue weighted by atomic mass is 16.5. The van der Waals surface area contributed by atoms with Crippen molar-refractivity contribution in [1.29, 1.82) is 0 Å². The van der Waals surface area contributed by atoms with Gasteiger partial charge in [-0.2, -0.15) is 0 Å². The molecule has 0 aromatic heterocycles. The van der Waals surface area contributed by atoms with Crippen LogP contribution in [0.3, 0.4) is 0 Å². The number of benzene rings is 2. The normalized spacial score (nSPS) is 11.7. The fourth-order valence-corrected chi connectivity index (χ4v) is 4.95. The number of rotatable bonds is 17. The molecule has 10 nitrogen and oxygen atoms in total. The summed E-state index contributed by atoms with van der Waals surface area (Å²) in [5.74, 6) is -1.06. The van der Waals surface area contributed by atoms with Gasteiger partial charge in [-0.3, -0.25) is 24.0 Å². The van der Waals surface area contributed by atoms with Gasteiger partial charge in [0.2, 0.25) is 23.6 Å². The maximum Gasteiger partial charge on any atom is 0.305 e. The average molecular weight is 593 g/mol. The molecule has 1 aliphatic carbocycles. The van der Waals surface area contributed by atoms with E-state index >= 15 is 0 Å². The molecule has 0 radical (unpaired) electrons. The fourth-order valence-electron chi connectivity index (χ4n) is 4.95. The summed E-state index contributed by atoms with van der Waals surface area (Å²) in [6.07, 6.45) is 3.93. The van der Waals surface area contributed by atoms with Crippen molar-refractivity contribution in [3.05, 3.63) is 47.5 Å². The zero-order valence-corrected chi connectivity index (χ0v) is 25.5. The number of carbonyl (C=O) groups excluding carboxylic acids is 5. The van der Waals surface area contributed by atoms with Crippen LogP contribution in [0.15, 0.2) is 36.4 Å². The Morgan fingerprint density at radius 2 is 1.09 bits per heavy atom. The smallest absolute Gasteiger partial charge is 0.305 e. The van der Waals surface area contributed by atoms with E-state index in [0.717, 1.165) is 35.1 Å². The van der Waals surface area contributed by atoms with Crippen molar-refractivity contribution >= 4 is 41.0 Å². The number of carbonyl (C=O) groups is 5. The number of ether oxygens (including phenoxy) is 1. The molecule has 43 heavy (non-hydrogen) atoms. The van der Waals surface area contributed by atoms with Crippen LogP contribution in [-0.4, -0.2) is 49.3 Å². The van der Waals surface area contributed by atoms with Crippen molar-refractivity contribution < 1.29 is 28.7 Å². The van der Waals surface area contributed by atoms with Crippen LogP contribution in [0, 0.1) is 0 Å². The molecule has 0 saturated heterocycles. The summed E-state index contributed by atoms with van der Waals surface area (Å²) in [5, 5.41) is 11.5. The first-order chi connectivity index (χ1) is 20.7. The summed E-state index contributed by atoms with van der Waals surface area (Å²) in [5.41, 5.74) is 5.00. The van der Waals surface area contributed by atoms with Gasteiger partial charge in [0.15, 0.2) is 0 Å². The van der Waals surface area contributed by atoms with Gasteiger partial charge in [-0.25, -0.2) is 0 Å². The van der Waals surface area contributed by atoms with E-state index in [2.05, 4.69) is 21.3 Å². The Bertz CT molecular complexity index is 1220. The van der Waals surface area contributed by atoms with Crippen LogP contribution in [0.2, 0.25) is 0 Å². The van der Waals surface area contributed by atoms with Crippen LogP contribution in [0.1, 0.15) is 95.6 Å². The second-order valence-electron chi connectivity index (χ2n) is 10.7. The van der Waals surface area contributed by atoms with E-state index in [1.807, 2.05) is 50.2 Å². The number of nitrogens with one attached hydrogen (secondary N) is 4. The van der Waals surface area contributed by atoms with E-state index in [1.165, 1.54) is 0 Å². The highest BCUT2D eigenvalue weighted by Crippen LogP contribution is 2.47. The molecular weight excluding hydrogens is 548 g/mol. The molecule has 1 aliphatic rings. The molecule has 0 aliphatic heterocycles. The number of amides is 4. The van der Waals surface area contributed by atoms with E-state index in [-0.39, 0.29) is 61.4 Å². The topological polar surface area (TPSA) is 143 Å². The first kappa shape index (κ1) is 33.3. The Morgan fingerprint density at radius 1 is 0.651 bits per heavy atom. The molecule has 0 bridgehead atoms. The molecule has 0 spiro atoms. The van der Waals surface area contributed by atoms with Gasteiger partial charge in [0.25, 0.3) is 0 Å². The maximum absolute atomic E-state index is 12.6. The predicted octanol–water partition coefficient (Wildman–Crippen LogP) is 5.02. The van der Waals surface area contributed by atoms with Crippen molar-refractivity contribution in [1.82, 2.24) is 10.6 Å². The van der Waals surface area contributed by atoms with Gasteiger partial charge >= 0.3 is 5.97 Å². The Morgan fingerprint density at radius 3 is 1.51 bits per heavy atom. The summed E-state index contributed by atoms with van der Waals surface area (Å²) in [4.78, 5) is 60.9. The minimum absolute atomic E-state index is 0.0558. The molecule has 0 fully saturated rings. The minimum atomic E-state index is -0.310. The van der Waals surface area contributed by atoms with E-state index in [9.17, 15) is 24.0 Å². The molecular formula is C33H44N4O6. The Hall–Kier alpha value is -4.21. The Kier molecular flexibility index (Phi) is 13.2. The van der Waals surface area contributed by atoms with Gasteiger partial charge in [-0.05, 0) is 72.2 Å². The molecule has 0 heterocycles. The molecule has 2 aromatic carbocycles. The number of esters is 1. The van der Waals surface area contributed by atoms with Gasteiger partial charge in [0, 0.05) is 62.5 Å². The molecule has 4 amide bonds. The predicted molar refractivity (Wildman–Crippen MR) is 167 cm³/mol. The van der Waals surface area contributed by atoms with Crippen molar-refractivity contribution in [3.63, 3.8) is 0 Å². The van der Waals surface area contributed by atoms with E-state index in [0.29, 0.717) is 50.1 Å². The van der Waals surface area contributed by atoms with Crippen LogP contribution in [0.4, 0.5) is 11.4 Å². The minimum Gasteiger partial charge on any atom is -0.465 e. The third kappa shape index (κ3) is 10.2. The lowest BCUT2D eigenvalue weighted by atomic mass is 9.97. The van der Waals surface area contributed by atoms with Crippen LogP contribution in [-0.2, 0) is 28.7 Å². The third-order valence-corrected chi connectivity index (χ3v) is 7.17. The summed E-state index contributed by atoms with van der Waals surface area (Å²) < 4.78 is 5.55. The molecule has 4 N–H and O–H groups in total. The van der Waals surface area contributed by atoms with E-state index < -0.39 is 0 Å². The summed E-state index contributed by atoms with van der Waals surface area (Å²) in [6, 6.07) is 11.3. The first-order valence-electron chi connectivity index (χ1n) is 15.3. The highest BCUT2D eigenvalue weighted by Gasteiger charge is 2.30. The molecule has 0 unspecified atom stereocenters. The van der Waals surface area contributed by atoms with Crippen molar-refractivity contribution in [2.75, 3.05) is 30.3 Å². The van der Waals surface area contributed by atoms with Gasteiger partial charge < -0.3 is 26.0 Å². The Labute approximate surface area is 253 Å². The van der Waals surface area contributed by atoms with Crippen molar-refractivity contribution in [3.8, 4) is 11.1 Å². The molecule has 10 heteroatoms. The number of hydrogen-bond donors (Lipinski definition) is 4. The lowest BCUT2D eigenvalue weighted by Gasteiger charge is -2.16. The fraction of sp³-hybridized carbons (Fsp3) is 0.485. The van der Waals surface area contributed by atoms with Crippen LogP contribution >= 0.6 is 0 Å². The quantitative estimate of drug-likeness (QED) is 0.190. The van der Waals surface area contributed by atoms with Crippen LogP contribution < -0.4 is 21.3 Å². The van der Waals surface area contributed by atoms with Gasteiger partial charge in [0.1, 0.15) is 6.61 Å². The van der Waals surface area contributed by atoms with E-state index in [4.69, 9.17) is 4.74 Å². The second kappa shape index (κ2) is 17.0. The molecule has 232 valence electrons. The first-order valence-corrected chi connectivity index (χ1v) is 15.3. The molecule has 3 rings (SSSR count). The Balaban J connectivity index is 1.68. The summed E-state index contributed by atoms with van der Waals surface area (Å²) in [7, 11) is 0. The van der Waals surface area contributed by atoms with Crippen LogP contribution in [0.25, 0.3) is 11.1 Å². The summed E-state index contributed by atoms with van der Waals surface area (Å²) in [6.45, 7) is 7.09. The van der Waals surface area contributed by atoms with Crippen molar-refractivity contribution in [2.45, 2.75) is 84.5 Å². The highest BCUT2D eigenvalue weighted by molar-refractivity contribution is 5.94. The summed E-state index contributed by atoms with van der Waals surface area (Å²) >= 11 is 0. The second-order valence-corrected chi connectivity index (χ2v) is 10.7. The number of hydrogen-bond acceptors (Lipinski definition) is 6. The zero-order valence-electron chi connectivity index (χ0n) is 25.5. The molecule has 0 saturated carbocycles. The largest absolute Gasteiger partial charge is 0.465 e. The van der Waals surface area contributed by atoms with Crippen molar-refractivity contribution in [2.24, 2.45) is 0 Å². The average Bonchev–Trinajstić information content (AvgIpc) is 3.29. The molecule has 0 atom stereocenters. The maximum atomic E-state index is 12.6. The lowest BCUT2D eigenvalue weighted by molar-refractivity contribution is -0.143. The molecule has 2 aromatic rings. The lowest BCUT2D eigenvalue weighted by Crippen LogP contribution is -2.24. The van der Waals surface area contributed by atoms with E-state index in [1.54, 1.807) is 6.92 Å². The van der Waals surface area contributed by atoms with Gasteiger partial charge in [0.05, 0.1) is 0 Å². The third-order valence-electron chi connectivity index (χ3n) is 7.17. The SMILES string of the molecule is CCCNC(=O)CCCC(=O)Nc1ccc2c(c1)C(COC(=O)CC)c1cc(NC(=O)CCCC(=O)NCCC)ccc1-2. The van der Waals surface area contributed by atoms with Crippen LogP contribution in [0.5, 0.6) is 0 Å². The standard InChI is InChI=1S/C33H44N4O6/c1-4-17-34-29(38)9-7-11-31(40)36-22-13-15-24-25-16-14-23(37-32(41)12-8-10-30(39)35-18-5-2)20-27(25)28(26(24)19-22)21-43-33(42)6-3/h13-16,19-20,28H,4-12,17-18,21H2,1-3H3,(H,34,38)(H,35,39)(H,36,40)(H,37,41). The van der Waals surface area contributed by atoms with Gasteiger partial charge in [-0.15, -0.1) is 0 Å². The monoisotopic (exact) mass is 592 g/mol. The zero-order chi connectivity index (χ0) is 31.2.